The Hall–Kier alpha value is -0.350. The van der Waals surface area contributed by atoms with E-state index in [1.165, 1.54) is 0 Å². The average molecular weight is 245 g/mol. The summed E-state index contributed by atoms with van der Waals surface area (Å²) >= 11 is 0. The summed E-state index contributed by atoms with van der Waals surface area (Å²) in [5.74, 6) is 0.233. The summed E-state index contributed by atoms with van der Waals surface area (Å²) in [5.41, 5.74) is 0. The van der Waals surface area contributed by atoms with Gasteiger partial charge in [-0.25, -0.2) is 8.42 Å². The molecule has 0 amide bonds. The van der Waals surface area contributed by atoms with Crippen LogP contribution in [0.25, 0.3) is 0 Å². The maximum atomic E-state index is 11.8. The lowest BCUT2D eigenvalue weighted by atomic mass is 10.0. The van der Waals surface area contributed by atoms with Crippen LogP contribution in [0.15, 0.2) is 12.2 Å². The molecule has 0 spiro atoms. The predicted octanol–water partition coefficient (Wildman–Crippen LogP) is 1.90. The molecule has 1 aliphatic rings. The van der Waals surface area contributed by atoms with Gasteiger partial charge in [0.1, 0.15) is 0 Å². The Balaban J connectivity index is 2.33. The van der Waals surface area contributed by atoms with Crippen molar-refractivity contribution in [3.8, 4) is 0 Å². The lowest BCUT2D eigenvalue weighted by Crippen LogP contribution is -2.38. The molecule has 0 radical (unpaired) electrons. The lowest BCUT2D eigenvalue weighted by Gasteiger charge is -2.22. The standard InChI is InChI=1S/C12H23NO2S/c1-12(2,3)16(14,15)10-9-13-11-7-5-4-6-8-11/h4-5,11,13H,6-10H2,1-3H3. The van der Waals surface area contributed by atoms with Gasteiger partial charge in [-0.3, -0.25) is 0 Å². The van der Waals surface area contributed by atoms with Crippen molar-refractivity contribution in [2.24, 2.45) is 0 Å². The third-order valence-corrected chi connectivity index (χ3v) is 5.61. The van der Waals surface area contributed by atoms with Gasteiger partial charge in [0.15, 0.2) is 9.84 Å². The van der Waals surface area contributed by atoms with Crippen molar-refractivity contribution in [2.45, 2.75) is 50.8 Å². The Morgan fingerprint density at radius 3 is 2.50 bits per heavy atom. The summed E-state index contributed by atoms with van der Waals surface area (Å²) in [6.45, 7) is 5.83. The largest absolute Gasteiger partial charge is 0.313 e. The van der Waals surface area contributed by atoms with Crippen molar-refractivity contribution in [1.29, 1.82) is 0 Å². The molecule has 1 atom stereocenters. The number of hydrogen-bond donors (Lipinski definition) is 1. The number of rotatable bonds is 4. The van der Waals surface area contributed by atoms with E-state index in [9.17, 15) is 8.42 Å². The fraction of sp³-hybridized carbons (Fsp3) is 0.833. The first kappa shape index (κ1) is 13.7. The maximum Gasteiger partial charge on any atom is 0.156 e. The van der Waals surface area contributed by atoms with Gasteiger partial charge in [-0.1, -0.05) is 12.2 Å². The first-order valence-electron chi connectivity index (χ1n) is 5.93. The summed E-state index contributed by atoms with van der Waals surface area (Å²) in [6, 6.07) is 0.458. The zero-order valence-electron chi connectivity index (χ0n) is 10.5. The van der Waals surface area contributed by atoms with Gasteiger partial charge in [-0.05, 0) is 40.0 Å². The minimum absolute atomic E-state index is 0.233. The van der Waals surface area contributed by atoms with Crippen LogP contribution in [0, 0.1) is 0 Å². The summed E-state index contributed by atoms with van der Waals surface area (Å²) < 4.78 is 23.0. The first-order valence-corrected chi connectivity index (χ1v) is 7.59. The van der Waals surface area contributed by atoms with Crippen molar-refractivity contribution in [1.82, 2.24) is 5.32 Å². The van der Waals surface area contributed by atoms with Crippen molar-refractivity contribution >= 4 is 9.84 Å². The van der Waals surface area contributed by atoms with Gasteiger partial charge < -0.3 is 5.32 Å². The molecule has 0 aromatic rings. The van der Waals surface area contributed by atoms with Crippen LogP contribution in [0.5, 0.6) is 0 Å². The fourth-order valence-corrected chi connectivity index (χ4v) is 2.68. The Labute approximate surface area is 99.2 Å². The van der Waals surface area contributed by atoms with E-state index in [1.54, 1.807) is 20.8 Å². The van der Waals surface area contributed by atoms with Crippen LogP contribution >= 0.6 is 0 Å². The third-order valence-electron chi connectivity index (χ3n) is 3.01. The second-order valence-electron chi connectivity index (χ2n) is 5.37. The van der Waals surface area contributed by atoms with Crippen LogP contribution in [-0.2, 0) is 9.84 Å². The van der Waals surface area contributed by atoms with E-state index in [4.69, 9.17) is 0 Å². The molecular formula is C12H23NO2S. The summed E-state index contributed by atoms with van der Waals surface area (Å²) in [6.07, 6.45) is 7.59. The third kappa shape index (κ3) is 3.91. The van der Waals surface area contributed by atoms with Crippen LogP contribution in [0.1, 0.15) is 40.0 Å². The highest BCUT2D eigenvalue weighted by Gasteiger charge is 2.28. The summed E-state index contributed by atoms with van der Waals surface area (Å²) in [4.78, 5) is 0. The number of nitrogens with one attached hydrogen (secondary N) is 1. The molecular weight excluding hydrogens is 222 g/mol. The quantitative estimate of drug-likeness (QED) is 0.769. The second-order valence-corrected chi connectivity index (χ2v) is 8.23. The van der Waals surface area contributed by atoms with Crippen molar-refractivity contribution in [2.75, 3.05) is 12.3 Å². The fourth-order valence-electron chi connectivity index (χ4n) is 1.68. The van der Waals surface area contributed by atoms with E-state index < -0.39 is 14.6 Å². The van der Waals surface area contributed by atoms with Crippen LogP contribution < -0.4 is 5.32 Å². The molecule has 1 aliphatic carbocycles. The summed E-state index contributed by atoms with van der Waals surface area (Å²) in [7, 11) is -2.98. The van der Waals surface area contributed by atoms with Gasteiger partial charge in [0.25, 0.3) is 0 Å². The van der Waals surface area contributed by atoms with Gasteiger partial charge in [0, 0.05) is 12.6 Å². The zero-order chi connectivity index (χ0) is 12.2. The molecule has 0 saturated carbocycles. The molecule has 94 valence electrons. The molecule has 16 heavy (non-hydrogen) atoms. The van der Waals surface area contributed by atoms with E-state index >= 15 is 0 Å². The van der Waals surface area contributed by atoms with E-state index in [1.807, 2.05) is 0 Å². The van der Waals surface area contributed by atoms with E-state index in [-0.39, 0.29) is 5.75 Å². The van der Waals surface area contributed by atoms with Crippen molar-refractivity contribution in [3.05, 3.63) is 12.2 Å². The van der Waals surface area contributed by atoms with E-state index in [0.29, 0.717) is 12.6 Å². The Kier molecular flexibility index (Phi) is 4.56. The second kappa shape index (κ2) is 5.32. The molecule has 1 unspecified atom stereocenters. The van der Waals surface area contributed by atoms with Crippen LogP contribution in [0.2, 0.25) is 0 Å². The Morgan fingerprint density at radius 1 is 1.31 bits per heavy atom. The highest BCUT2D eigenvalue weighted by atomic mass is 32.2. The predicted molar refractivity (Wildman–Crippen MR) is 68.3 cm³/mol. The minimum Gasteiger partial charge on any atom is -0.313 e. The molecule has 0 bridgehead atoms. The molecule has 0 fully saturated rings. The Bertz CT molecular complexity index is 339. The maximum absolute atomic E-state index is 11.8. The molecule has 0 aliphatic heterocycles. The number of sulfone groups is 1. The zero-order valence-corrected chi connectivity index (χ0v) is 11.3. The topological polar surface area (TPSA) is 46.2 Å². The molecule has 0 aromatic heterocycles. The van der Waals surface area contributed by atoms with Gasteiger partial charge in [-0.15, -0.1) is 0 Å². The summed E-state index contributed by atoms with van der Waals surface area (Å²) in [5, 5.41) is 3.32. The van der Waals surface area contributed by atoms with Crippen molar-refractivity contribution in [3.63, 3.8) is 0 Å². The van der Waals surface area contributed by atoms with Gasteiger partial charge in [0.05, 0.1) is 10.5 Å². The molecule has 1 N–H and O–H groups in total. The monoisotopic (exact) mass is 245 g/mol. The molecule has 1 rings (SSSR count). The average Bonchev–Trinajstić information content (AvgIpc) is 2.17. The number of hydrogen-bond acceptors (Lipinski definition) is 3. The highest BCUT2D eigenvalue weighted by Crippen LogP contribution is 2.16. The SMILES string of the molecule is CC(C)(C)S(=O)(=O)CCNC1CC=CCC1. The van der Waals surface area contributed by atoms with Gasteiger partial charge in [0.2, 0.25) is 0 Å². The normalized spacial score (nSPS) is 22.3. The lowest BCUT2D eigenvalue weighted by molar-refractivity contribution is 0.484. The smallest absolute Gasteiger partial charge is 0.156 e. The molecule has 0 saturated heterocycles. The number of allylic oxidation sites excluding steroid dienone is 1. The van der Waals surface area contributed by atoms with E-state index in [0.717, 1.165) is 19.3 Å². The Morgan fingerprint density at radius 2 is 2.00 bits per heavy atom. The van der Waals surface area contributed by atoms with Crippen LogP contribution in [0.3, 0.4) is 0 Å². The first-order chi connectivity index (χ1) is 7.33. The van der Waals surface area contributed by atoms with Crippen LogP contribution in [-0.4, -0.2) is 31.5 Å². The van der Waals surface area contributed by atoms with E-state index in [2.05, 4.69) is 17.5 Å². The molecule has 0 aromatic carbocycles. The van der Waals surface area contributed by atoms with Crippen LogP contribution in [0.4, 0.5) is 0 Å². The van der Waals surface area contributed by atoms with Gasteiger partial charge >= 0.3 is 0 Å². The van der Waals surface area contributed by atoms with Gasteiger partial charge in [-0.2, -0.15) is 0 Å². The van der Waals surface area contributed by atoms with Crippen molar-refractivity contribution < 1.29 is 8.42 Å². The molecule has 4 heteroatoms. The molecule has 0 heterocycles. The molecule has 3 nitrogen and oxygen atoms in total. The highest BCUT2D eigenvalue weighted by molar-refractivity contribution is 7.92. The minimum atomic E-state index is -2.98.